The van der Waals surface area contributed by atoms with Crippen LogP contribution < -0.4 is 0 Å². The van der Waals surface area contributed by atoms with Gasteiger partial charge < -0.3 is 5.11 Å². The van der Waals surface area contributed by atoms with Gasteiger partial charge in [0.25, 0.3) is 0 Å². The molecule has 1 aromatic rings. The average molecular weight is 177 g/mol. The first-order valence-corrected chi connectivity index (χ1v) is 2.97. The molecule has 0 aromatic carbocycles. The van der Waals surface area contributed by atoms with Crippen LogP contribution in [0.4, 0.5) is 8.78 Å². The fourth-order valence-electron chi connectivity index (χ4n) is 0.762. The van der Waals surface area contributed by atoms with Gasteiger partial charge in [-0.1, -0.05) is 5.21 Å². The Kier molecular flexibility index (Phi) is 2.03. The van der Waals surface area contributed by atoms with Crippen molar-refractivity contribution in [1.82, 2.24) is 15.0 Å². The summed E-state index contributed by atoms with van der Waals surface area (Å²) < 4.78 is 24.1. The molecule has 0 aliphatic rings. The molecule has 0 amide bonds. The number of aromatic nitrogens is 3. The van der Waals surface area contributed by atoms with Gasteiger partial charge in [0.2, 0.25) is 0 Å². The van der Waals surface area contributed by atoms with E-state index in [-0.39, 0.29) is 10.4 Å². The van der Waals surface area contributed by atoms with Crippen LogP contribution >= 0.6 is 0 Å². The highest BCUT2D eigenvalue weighted by molar-refractivity contribution is 5.86. The van der Waals surface area contributed by atoms with E-state index in [9.17, 15) is 13.6 Å². The van der Waals surface area contributed by atoms with Crippen LogP contribution in [0.15, 0.2) is 0 Å². The van der Waals surface area contributed by atoms with Crippen molar-refractivity contribution in [2.24, 2.45) is 0 Å². The Morgan fingerprint density at radius 1 is 1.67 bits per heavy atom. The van der Waals surface area contributed by atoms with Gasteiger partial charge >= 0.3 is 12.5 Å². The first-order valence-electron chi connectivity index (χ1n) is 2.97. The molecule has 0 radical (unpaired) electrons. The Balaban J connectivity index is 3.21. The van der Waals surface area contributed by atoms with Crippen molar-refractivity contribution in [1.29, 1.82) is 0 Å². The molecule has 0 saturated heterocycles. The lowest BCUT2D eigenvalue weighted by Gasteiger charge is -1.99. The zero-order chi connectivity index (χ0) is 9.30. The summed E-state index contributed by atoms with van der Waals surface area (Å²) in [6.45, 7) is -1.67. The first-order chi connectivity index (χ1) is 5.54. The Morgan fingerprint density at radius 2 is 2.25 bits per heavy atom. The maximum absolute atomic E-state index is 12.0. The molecule has 1 rings (SSSR count). The summed E-state index contributed by atoms with van der Waals surface area (Å²) in [5.41, 5.74) is -0.604. The number of hydrogen-bond acceptors (Lipinski definition) is 3. The number of halogens is 2. The van der Waals surface area contributed by atoms with Gasteiger partial charge in [-0.3, -0.25) is 0 Å². The second-order valence-electron chi connectivity index (χ2n) is 2.05. The van der Waals surface area contributed by atoms with Gasteiger partial charge in [-0.15, -0.1) is 5.10 Å². The second kappa shape index (κ2) is 2.84. The summed E-state index contributed by atoms with van der Waals surface area (Å²) >= 11 is 0. The predicted molar refractivity (Wildman–Crippen MR) is 33.0 cm³/mol. The third-order valence-electron chi connectivity index (χ3n) is 1.25. The highest BCUT2D eigenvalue weighted by atomic mass is 19.3. The zero-order valence-corrected chi connectivity index (χ0v) is 6.03. The predicted octanol–water partition coefficient (Wildman–Crippen LogP) is 0.680. The molecule has 1 N–H and O–H groups in total. The molecule has 0 aliphatic heterocycles. The smallest absolute Gasteiger partial charge is 0.356 e. The largest absolute Gasteiger partial charge is 0.476 e. The molecule has 5 nitrogen and oxygen atoms in total. The molecule has 66 valence electrons. The van der Waals surface area contributed by atoms with E-state index in [1.54, 1.807) is 0 Å². The normalized spacial score (nSPS) is 10.7. The van der Waals surface area contributed by atoms with E-state index < -0.39 is 18.2 Å². The molecule has 0 fully saturated rings. The lowest BCUT2D eigenvalue weighted by atomic mass is 10.3. The van der Waals surface area contributed by atoms with Crippen molar-refractivity contribution in [3.8, 4) is 0 Å². The Labute approximate surface area is 65.6 Å². The summed E-state index contributed by atoms with van der Waals surface area (Å²) in [5.74, 6) is -1.46. The van der Waals surface area contributed by atoms with Crippen molar-refractivity contribution in [2.75, 3.05) is 0 Å². The lowest BCUT2D eigenvalue weighted by molar-refractivity contribution is 0.0426. The van der Waals surface area contributed by atoms with Gasteiger partial charge in [0.05, 0.1) is 5.69 Å². The van der Waals surface area contributed by atoms with Gasteiger partial charge in [0.1, 0.15) is 0 Å². The molecule has 0 atom stereocenters. The number of rotatable bonds is 2. The molecule has 0 aliphatic carbocycles. The van der Waals surface area contributed by atoms with Crippen LogP contribution in [0.5, 0.6) is 0 Å². The third kappa shape index (κ3) is 1.25. The minimum Gasteiger partial charge on any atom is -0.476 e. The molecule has 0 saturated carbocycles. The average Bonchev–Trinajstić information content (AvgIpc) is 2.30. The van der Waals surface area contributed by atoms with Crippen LogP contribution in [0.25, 0.3) is 0 Å². The topological polar surface area (TPSA) is 68.0 Å². The van der Waals surface area contributed by atoms with Gasteiger partial charge in [-0.05, 0) is 6.92 Å². The van der Waals surface area contributed by atoms with Gasteiger partial charge in [-0.2, -0.15) is 13.5 Å². The van der Waals surface area contributed by atoms with Crippen LogP contribution in [0.3, 0.4) is 0 Å². The number of hydrogen-bond donors (Lipinski definition) is 1. The quantitative estimate of drug-likeness (QED) is 0.721. The van der Waals surface area contributed by atoms with Crippen molar-refractivity contribution in [3.05, 3.63) is 11.4 Å². The SMILES string of the molecule is Cc1nnn(C(F)F)c1C(=O)O. The van der Waals surface area contributed by atoms with Crippen molar-refractivity contribution in [3.63, 3.8) is 0 Å². The third-order valence-corrected chi connectivity index (χ3v) is 1.25. The number of carbonyl (C=O) groups is 1. The van der Waals surface area contributed by atoms with Crippen LogP contribution in [0.1, 0.15) is 22.7 Å². The van der Waals surface area contributed by atoms with Crippen LogP contribution in [-0.2, 0) is 0 Å². The molecule has 12 heavy (non-hydrogen) atoms. The van der Waals surface area contributed by atoms with E-state index in [2.05, 4.69) is 10.3 Å². The van der Waals surface area contributed by atoms with E-state index in [4.69, 9.17) is 5.11 Å². The van der Waals surface area contributed by atoms with E-state index >= 15 is 0 Å². The summed E-state index contributed by atoms with van der Waals surface area (Å²) in [5, 5.41) is 14.6. The van der Waals surface area contributed by atoms with E-state index in [0.29, 0.717) is 0 Å². The minimum atomic E-state index is -2.97. The molecule has 0 unspecified atom stereocenters. The highest BCUT2D eigenvalue weighted by Crippen LogP contribution is 2.13. The molecule has 0 spiro atoms. The fourth-order valence-corrected chi connectivity index (χ4v) is 0.762. The standard InChI is InChI=1S/C5H5F2N3O2/c1-2-3(4(11)12)10(5(6)7)9-8-2/h5H,1H3,(H,11,12). The van der Waals surface area contributed by atoms with Crippen LogP contribution in [-0.4, -0.2) is 26.1 Å². The van der Waals surface area contributed by atoms with Crippen LogP contribution in [0, 0.1) is 6.92 Å². The summed E-state index contributed by atoms with van der Waals surface area (Å²) in [7, 11) is 0. The Hall–Kier alpha value is -1.53. The number of carboxylic acids is 1. The number of alkyl halides is 2. The fraction of sp³-hybridized carbons (Fsp3) is 0.400. The second-order valence-corrected chi connectivity index (χ2v) is 2.05. The molecular formula is C5H5F2N3O2. The number of aromatic carboxylic acids is 1. The minimum absolute atomic E-state index is 0.0252. The van der Waals surface area contributed by atoms with Crippen molar-refractivity contribution >= 4 is 5.97 Å². The monoisotopic (exact) mass is 177 g/mol. The van der Waals surface area contributed by atoms with E-state index in [1.807, 2.05) is 0 Å². The number of carboxylic acid groups (broad SMARTS) is 1. The summed E-state index contributed by atoms with van der Waals surface area (Å²) in [6.07, 6.45) is 0. The van der Waals surface area contributed by atoms with Crippen LogP contribution in [0.2, 0.25) is 0 Å². The van der Waals surface area contributed by atoms with Gasteiger partial charge in [0, 0.05) is 0 Å². The van der Waals surface area contributed by atoms with E-state index in [0.717, 1.165) is 0 Å². The summed E-state index contributed by atoms with van der Waals surface area (Å²) in [6, 6.07) is 0. The highest BCUT2D eigenvalue weighted by Gasteiger charge is 2.21. The van der Waals surface area contributed by atoms with Gasteiger partial charge in [0.15, 0.2) is 5.69 Å². The lowest BCUT2D eigenvalue weighted by Crippen LogP contribution is -2.11. The zero-order valence-electron chi connectivity index (χ0n) is 6.03. The van der Waals surface area contributed by atoms with Crippen molar-refractivity contribution < 1.29 is 18.7 Å². The maximum atomic E-state index is 12.0. The molecule has 1 heterocycles. The summed E-state index contributed by atoms with van der Waals surface area (Å²) in [4.78, 5) is 10.4. The number of aryl methyl sites for hydroxylation is 1. The Bertz CT molecular complexity index is 310. The molecule has 7 heteroatoms. The molecular weight excluding hydrogens is 172 g/mol. The molecule has 1 aromatic heterocycles. The van der Waals surface area contributed by atoms with Crippen molar-refractivity contribution in [2.45, 2.75) is 13.5 Å². The van der Waals surface area contributed by atoms with E-state index in [1.165, 1.54) is 6.92 Å². The first kappa shape index (κ1) is 8.57. The maximum Gasteiger partial charge on any atom is 0.356 e. The Morgan fingerprint density at radius 3 is 2.58 bits per heavy atom. The number of nitrogens with zero attached hydrogens (tertiary/aromatic N) is 3. The molecule has 0 bridgehead atoms. The van der Waals surface area contributed by atoms with Gasteiger partial charge in [-0.25, -0.2) is 4.79 Å².